The monoisotopic (exact) mass is 407 g/mol. The van der Waals surface area contributed by atoms with Crippen LogP contribution < -0.4 is 16.2 Å². The van der Waals surface area contributed by atoms with Gasteiger partial charge in [0, 0.05) is 43.8 Å². The van der Waals surface area contributed by atoms with Crippen LogP contribution in [0.1, 0.15) is 10.5 Å². The van der Waals surface area contributed by atoms with E-state index in [-0.39, 0.29) is 17.8 Å². The van der Waals surface area contributed by atoms with Gasteiger partial charge in [0.1, 0.15) is 0 Å². The second-order valence-electron chi connectivity index (χ2n) is 7.52. The summed E-state index contributed by atoms with van der Waals surface area (Å²) in [5, 5.41) is 15.5. The number of amides is 1. The Morgan fingerprint density at radius 3 is 2.27 bits per heavy atom. The van der Waals surface area contributed by atoms with Gasteiger partial charge in [0.2, 0.25) is 0 Å². The number of fused-ring (bicyclic) bond motifs is 1. The fourth-order valence-electron chi connectivity index (χ4n) is 3.92. The second-order valence-corrected chi connectivity index (χ2v) is 7.52. The fraction of sp³-hybridized carbons (Fsp3) is 0.318. The van der Waals surface area contributed by atoms with Crippen LogP contribution in [-0.2, 0) is 6.54 Å². The molecule has 1 aliphatic rings. The third-order valence-electron chi connectivity index (χ3n) is 5.45. The highest BCUT2D eigenvalue weighted by Crippen LogP contribution is 2.16. The molecule has 2 aromatic carbocycles. The van der Waals surface area contributed by atoms with Crippen LogP contribution in [0.3, 0.4) is 0 Å². The molecule has 0 aliphatic carbocycles. The minimum absolute atomic E-state index is 0.00282. The lowest BCUT2D eigenvalue weighted by Crippen LogP contribution is -2.49. The molecule has 1 saturated heterocycles. The molecule has 0 radical (unpaired) electrons. The lowest BCUT2D eigenvalue weighted by atomic mass is 10.1. The Hall–Kier alpha value is -3.23. The van der Waals surface area contributed by atoms with E-state index >= 15 is 0 Å². The van der Waals surface area contributed by atoms with Gasteiger partial charge in [-0.3, -0.25) is 14.5 Å². The summed E-state index contributed by atoms with van der Waals surface area (Å²) in [6.07, 6.45) is -0.791. The Morgan fingerprint density at radius 2 is 1.60 bits per heavy atom. The smallest absolute Gasteiger partial charge is 0.274 e. The Bertz CT molecular complexity index is 1090. The topological polar surface area (TPSA) is 105 Å². The van der Waals surface area contributed by atoms with E-state index in [1.54, 1.807) is 24.3 Å². The first-order valence-electron chi connectivity index (χ1n) is 10.0. The maximum absolute atomic E-state index is 12.7. The van der Waals surface area contributed by atoms with E-state index in [2.05, 4.69) is 27.0 Å². The minimum Gasteiger partial charge on any atom is -0.390 e. The number of anilines is 1. The van der Waals surface area contributed by atoms with Gasteiger partial charge in [-0.15, -0.1) is 0 Å². The zero-order valence-electron chi connectivity index (χ0n) is 16.6. The van der Waals surface area contributed by atoms with Gasteiger partial charge in [0.15, 0.2) is 5.69 Å². The number of hydrogen-bond acceptors (Lipinski definition) is 6. The average Bonchev–Trinajstić information content (AvgIpc) is 2.76. The largest absolute Gasteiger partial charge is 0.390 e. The Balaban J connectivity index is 1.43. The highest BCUT2D eigenvalue weighted by molar-refractivity contribution is 6.03. The normalized spacial score (nSPS) is 16.0. The Labute approximate surface area is 174 Å². The van der Waals surface area contributed by atoms with E-state index in [9.17, 15) is 14.7 Å². The highest BCUT2D eigenvalue weighted by atomic mass is 16.3. The number of carbonyl (C=O) groups excluding carboxylic acids is 1. The molecule has 4 rings (SSSR count). The van der Waals surface area contributed by atoms with Crippen LogP contribution in [0.4, 0.5) is 5.69 Å². The number of benzene rings is 2. The molecule has 8 heteroatoms. The van der Waals surface area contributed by atoms with E-state index in [0.29, 0.717) is 17.3 Å². The van der Waals surface area contributed by atoms with E-state index in [1.165, 1.54) is 5.69 Å². The maximum Gasteiger partial charge on any atom is 0.274 e. The van der Waals surface area contributed by atoms with Gasteiger partial charge >= 0.3 is 0 Å². The third-order valence-corrected chi connectivity index (χ3v) is 5.45. The van der Waals surface area contributed by atoms with Crippen LogP contribution in [0.25, 0.3) is 10.8 Å². The molecule has 8 nitrogen and oxygen atoms in total. The minimum atomic E-state index is -0.791. The van der Waals surface area contributed by atoms with Crippen LogP contribution in [0, 0.1) is 0 Å². The van der Waals surface area contributed by atoms with Crippen molar-refractivity contribution in [3.05, 3.63) is 70.6 Å². The number of hydrogen-bond donors (Lipinski definition) is 2. The zero-order valence-corrected chi connectivity index (χ0v) is 16.6. The number of aromatic nitrogens is 2. The van der Waals surface area contributed by atoms with Gasteiger partial charge in [0.25, 0.3) is 11.5 Å². The van der Waals surface area contributed by atoms with Crippen molar-refractivity contribution in [1.29, 1.82) is 0 Å². The predicted octanol–water partition coefficient (Wildman–Crippen LogP) is 0.679. The molecule has 1 aromatic heterocycles. The Morgan fingerprint density at radius 1 is 0.967 bits per heavy atom. The van der Waals surface area contributed by atoms with Gasteiger partial charge in [0.05, 0.1) is 18.0 Å². The number of nitrogens with two attached hydrogens (primary N) is 1. The number of aliphatic hydroxyl groups is 1. The van der Waals surface area contributed by atoms with E-state index in [4.69, 9.17) is 5.73 Å². The van der Waals surface area contributed by atoms with Gasteiger partial charge in [-0.05, 0) is 18.2 Å². The first-order valence-corrected chi connectivity index (χ1v) is 10.0. The number of rotatable bonds is 6. The van der Waals surface area contributed by atoms with Gasteiger partial charge in [-0.1, -0.05) is 36.4 Å². The number of aliphatic hydroxyl groups excluding tert-OH is 1. The van der Waals surface area contributed by atoms with Crippen LogP contribution in [0.5, 0.6) is 0 Å². The van der Waals surface area contributed by atoms with Crippen LogP contribution in [-0.4, -0.2) is 64.5 Å². The lowest BCUT2D eigenvalue weighted by Gasteiger charge is -2.36. The first kappa shape index (κ1) is 20.1. The molecular weight excluding hydrogens is 382 g/mol. The summed E-state index contributed by atoms with van der Waals surface area (Å²) in [6, 6.07) is 17.0. The van der Waals surface area contributed by atoms with Crippen molar-refractivity contribution in [2.75, 3.05) is 37.6 Å². The first-order chi connectivity index (χ1) is 14.5. The molecule has 0 unspecified atom stereocenters. The number of carbonyl (C=O) groups is 1. The molecular formula is C22H25N5O3. The number of β-amino-alcohol motifs (C(OH)–C–C–N with tert-alkyl or cyclic N) is 1. The fourth-order valence-corrected chi connectivity index (χ4v) is 3.92. The molecule has 2 heterocycles. The summed E-state index contributed by atoms with van der Waals surface area (Å²) in [5.41, 5.74) is 6.34. The summed E-state index contributed by atoms with van der Waals surface area (Å²) < 4.78 is 1.15. The summed E-state index contributed by atoms with van der Waals surface area (Å²) in [6.45, 7) is 3.81. The van der Waals surface area contributed by atoms with E-state index in [0.717, 1.165) is 30.9 Å². The molecule has 3 aromatic rings. The third kappa shape index (κ3) is 4.19. The standard InChI is InChI=1S/C22H25N5O3/c23-21(29)20-18-8-4-5-9-19(18)22(30)27(24-20)15-17(28)14-25-10-12-26(13-11-25)16-6-2-1-3-7-16/h1-9,17,28H,10-15H2,(H2,23,29)/t17-/m0/s1. The highest BCUT2D eigenvalue weighted by Gasteiger charge is 2.21. The molecule has 1 amide bonds. The predicted molar refractivity (Wildman–Crippen MR) is 116 cm³/mol. The quantitative estimate of drug-likeness (QED) is 0.623. The summed E-state index contributed by atoms with van der Waals surface area (Å²) in [4.78, 5) is 29.0. The molecule has 3 N–H and O–H groups in total. The van der Waals surface area contributed by atoms with Gasteiger partial charge in [-0.2, -0.15) is 5.10 Å². The maximum atomic E-state index is 12.7. The molecule has 0 saturated carbocycles. The molecule has 1 aliphatic heterocycles. The Kier molecular flexibility index (Phi) is 5.78. The summed E-state index contributed by atoms with van der Waals surface area (Å²) in [5.74, 6) is -0.702. The number of primary amides is 1. The average molecular weight is 407 g/mol. The van der Waals surface area contributed by atoms with Crippen molar-refractivity contribution in [1.82, 2.24) is 14.7 Å². The second kappa shape index (κ2) is 8.64. The number of piperazine rings is 1. The molecule has 156 valence electrons. The molecule has 1 atom stereocenters. The van der Waals surface area contributed by atoms with Gasteiger partial charge in [-0.25, -0.2) is 4.68 Å². The van der Waals surface area contributed by atoms with Crippen LogP contribution in [0.2, 0.25) is 0 Å². The van der Waals surface area contributed by atoms with Crippen LogP contribution in [0.15, 0.2) is 59.4 Å². The van der Waals surface area contributed by atoms with Gasteiger partial charge < -0.3 is 15.7 Å². The summed E-state index contributed by atoms with van der Waals surface area (Å²) in [7, 11) is 0. The molecule has 30 heavy (non-hydrogen) atoms. The van der Waals surface area contributed by atoms with Crippen molar-refractivity contribution in [3.8, 4) is 0 Å². The zero-order chi connectivity index (χ0) is 21.1. The SMILES string of the molecule is NC(=O)c1nn(C[C@@H](O)CN2CCN(c3ccccc3)CC2)c(=O)c2ccccc12. The van der Waals surface area contributed by atoms with Crippen molar-refractivity contribution >= 4 is 22.4 Å². The van der Waals surface area contributed by atoms with Crippen molar-refractivity contribution in [2.24, 2.45) is 5.73 Å². The number of para-hydroxylation sites is 1. The molecule has 0 bridgehead atoms. The molecule has 0 spiro atoms. The van der Waals surface area contributed by atoms with E-state index in [1.807, 2.05) is 18.2 Å². The lowest BCUT2D eigenvalue weighted by molar-refractivity contribution is 0.0896. The van der Waals surface area contributed by atoms with Crippen molar-refractivity contribution in [2.45, 2.75) is 12.6 Å². The summed E-state index contributed by atoms with van der Waals surface area (Å²) >= 11 is 0. The molecule has 1 fully saturated rings. The number of nitrogens with zero attached hydrogens (tertiary/aromatic N) is 4. The van der Waals surface area contributed by atoms with E-state index < -0.39 is 12.0 Å². The van der Waals surface area contributed by atoms with Crippen LogP contribution >= 0.6 is 0 Å². The van der Waals surface area contributed by atoms with Crippen molar-refractivity contribution < 1.29 is 9.90 Å². The van der Waals surface area contributed by atoms with Crippen molar-refractivity contribution in [3.63, 3.8) is 0 Å².